The molecule has 0 N–H and O–H groups in total. The van der Waals surface area contributed by atoms with E-state index in [-0.39, 0.29) is 23.8 Å². The average Bonchev–Trinajstić information content (AvgIpc) is 3.05. The average molecular weight is 463 g/mol. The highest BCUT2D eigenvalue weighted by molar-refractivity contribution is 7.89. The molecule has 2 aromatic carbocycles. The maximum absolute atomic E-state index is 13.0. The fourth-order valence-corrected chi connectivity index (χ4v) is 5.24. The lowest BCUT2D eigenvalue weighted by molar-refractivity contribution is -0.130. The fourth-order valence-electron chi connectivity index (χ4n) is 3.77. The van der Waals surface area contributed by atoms with Crippen LogP contribution in [0.3, 0.4) is 0 Å². The van der Waals surface area contributed by atoms with Crippen LogP contribution in [0.5, 0.6) is 17.2 Å². The van der Waals surface area contributed by atoms with E-state index in [1.54, 1.807) is 41.3 Å². The van der Waals surface area contributed by atoms with Gasteiger partial charge in [0.25, 0.3) is 0 Å². The number of ether oxygens (including phenoxy) is 3. The van der Waals surface area contributed by atoms with Crippen LogP contribution in [0.2, 0.25) is 0 Å². The first-order valence-electron chi connectivity index (χ1n) is 10.4. The number of methoxy groups -OCH3 is 3. The van der Waals surface area contributed by atoms with Gasteiger partial charge in [0.1, 0.15) is 0 Å². The molecule has 0 saturated carbocycles. The van der Waals surface area contributed by atoms with E-state index in [1.807, 2.05) is 6.92 Å². The van der Waals surface area contributed by atoms with Gasteiger partial charge in [-0.15, -0.1) is 0 Å². The Kier molecular flexibility index (Phi) is 7.63. The predicted molar refractivity (Wildman–Crippen MR) is 121 cm³/mol. The Balaban J connectivity index is 1.70. The predicted octanol–water partition coefficient (Wildman–Crippen LogP) is 2.49. The first kappa shape index (κ1) is 23.9. The number of hydrogen-bond acceptors (Lipinski definition) is 6. The lowest BCUT2D eigenvalue weighted by atomic mass is 10.1. The van der Waals surface area contributed by atoms with Crippen LogP contribution >= 0.6 is 0 Å². The molecular weight excluding hydrogens is 432 g/mol. The van der Waals surface area contributed by atoms with E-state index < -0.39 is 10.0 Å². The zero-order valence-corrected chi connectivity index (χ0v) is 19.8. The molecular formula is C23H30N2O6S. The highest BCUT2D eigenvalue weighted by Crippen LogP contribution is 2.38. The van der Waals surface area contributed by atoms with Gasteiger partial charge in [-0.05, 0) is 43.2 Å². The van der Waals surface area contributed by atoms with Crippen LogP contribution in [0.15, 0.2) is 41.3 Å². The molecule has 8 nitrogen and oxygen atoms in total. The molecule has 32 heavy (non-hydrogen) atoms. The van der Waals surface area contributed by atoms with Gasteiger partial charge in [-0.25, -0.2) is 8.42 Å². The van der Waals surface area contributed by atoms with Gasteiger partial charge in [0, 0.05) is 26.2 Å². The number of benzene rings is 2. The molecule has 174 valence electrons. The van der Waals surface area contributed by atoms with Crippen molar-refractivity contribution in [1.82, 2.24) is 9.21 Å². The van der Waals surface area contributed by atoms with Gasteiger partial charge in [0.05, 0.1) is 32.6 Å². The number of carbonyl (C=O) groups excluding carboxylic acids is 1. The summed E-state index contributed by atoms with van der Waals surface area (Å²) in [5.74, 6) is 1.37. The van der Waals surface area contributed by atoms with Crippen LogP contribution in [0.1, 0.15) is 17.5 Å². The van der Waals surface area contributed by atoms with Crippen LogP contribution in [0.25, 0.3) is 0 Å². The molecule has 1 saturated heterocycles. The van der Waals surface area contributed by atoms with E-state index in [2.05, 4.69) is 0 Å². The number of carbonyl (C=O) groups is 1. The molecule has 3 rings (SSSR count). The monoisotopic (exact) mass is 462 g/mol. The minimum absolute atomic E-state index is 0.0751. The van der Waals surface area contributed by atoms with E-state index in [9.17, 15) is 13.2 Å². The summed E-state index contributed by atoms with van der Waals surface area (Å²) in [5.41, 5.74) is 1.74. The molecule has 0 unspecified atom stereocenters. The van der Waals surface area contributed by atoms with Gasteiger partial charge in [-0.2, -0.15) is 4.31 Å². The summed E-state index contributed by atoms with van der Waals surface area (Å²) in [6.07, 6.45) is 0.730. The molecule has 1 aliphatic rings. The first-order chi connectivity index (χ1) is 15.3. The Morgan fingerprint density at radius 2 is 1.53 bits per heavy atom. The summed E-state index contributed by atoms with van der Waals surface area (Å²) >= 11 is 0. The van der Waals surface area contributed by atoms with Gasteiger partial charge in [0.15, 0.2) is 11.5 Å². The van der Waals surface area contributed by atoms with E-state index in [1.165, 1.54) is 25.6 Å². The second-order valence-corrected chi connectivity index (χ2v) is 9.60. The number of rotatable bonds is 7. The van der Waals surface area contributed by atoms with Gasteiger partial charge < -0.3 is 19.1 Å². The third-order valence-electron chi connectivity index (χ3n) is 5.55. The molecule has 9 heteroatoms. The molecule has 0 aliphatic carbocycles. The van der Waals surface area contributed by atoms with Gasteiger partial charge in [0.2, 0.25) is 21.7 Å². The smallest absolute Gasteiger partial charge is 0.243 e. The number of hydrogen-bond donors (Lipinski definition) is 0. The maximum Gasteiger partial charge on any atom is 0.243 e. The Labute approximate surface area is 189 Å². The molecule has 0 atom stereocenters. The van der Waals surface area contributed by atoms with E-state index >= 15 is 0 Å². The Morgan fingerprint density at radius 1 is 0.906 bits per heavy atom. The van der Waals surface area contributed by atoms with Crippen LogP contribution in [0.4, 0.5) is 0 Å². The highest BCUT2D eigenvalue weighted by Gasteiger charge is 2.28. The van der Waals surface area contributed by atoms with Crippen molar-refractivity contribution in [3.63, 3.8) is 0 Å². The molecule has 0 aromatic heterocycles. The van der Waals surface area contributed by atoms with Crippen LogP contribution < -0.4 is 14.2 Å². The highest BCUT2D eigenvalue weighted by atomic mass is 32.2. The maximum atomic E-state index is 13.0. The van der Waals surface area contributed by atoms with Crippen molar-refractivity contribution in [2.75, 3.05) is 47.5 Å². The van der Waals surface area contributed by atoms with E-state index in [0.29, 0.717) is 43.3 Å². The van der Waals surface area contributed by atoms with Crippen molar-refractivity contribution >= 4 is 15.9 Å². The fraction of sp³-hybridized carbons (Fsp3) is 0.435. The molecule has 2 aromatic rings. The Hall–Kier alpha value is -2.78. The number of aryl methyl sites for hydroxylation is 1. The molecule has 1 fully saturated rings. The number of nitrogens with zero attached hydrogens (tertiary/aromatic N) is 2. The second-order valence-electron chi connectivity index (χ2n) is 7.66. The van der Waals surface area contributed by atoms with Crippen LogP contribution in [-0.2, 0) is 21.2 Å². The van der Waals surface area contributed by atoms with Crippen molar-refractivity contribution in [2.45, 2.75) is 24.7 Å². The zero-order chi connectivity index (χ0) is 23.3. The quantitative estimate of drug-likeness (QED) is 0.629. The molecule has 1 aliphatic heterocycles. The van der Waals surface area contributed by atoms with Crippen LogP contribution in [-0.4, -0.2) is 71.0 Å². The molecule has 0 spiro atoms. The summed E-state index contributed by atoms with van der Waals surface area (Å²) in [4.78, 5) is 15.0. The molecule has 0 bridgehead atoms. The number of sulfonamides is 1. The second kappa shape index (κ2) is 10.2. The van der Waals surface area contributed by atoms with Gasteiger partial charge in [-0.1, -0.05) is 17.7 Å². The Morgan fingerprint density at radius 3 is 2.09 bits per heavy atom. The molecule has 1 heterocycles. The molecule has 1 amide bonds. The SMILES string of the molecule is COc1cc(CC(=O)N2CCCN(S(=O)(=O)c3ccc(C)cc3)CC2)cc(OC)c1OC. The molecule has 0 radical (unpaired) electrons. The summed E-state index contributed by atoms with van der Waals surface area (Å²) in [5, 5.41) is 0. The third kappa shape index (κ3) is 5.16. The van der Waals surface area contributed by atoms with Crippen molar-refractivity contribution in [3.05, 3.63) is 47.5 Å². The largest absolute Gasteiger partial charge is 0.493 e. The zero-order valence-electron chi connectivity index (χ0n) is 19.0. The minimum Gasteiger partial charge on any atom is -0.493 e. The van der Waals surface area contributed by atoms with Crippen molar-refractivity contribution in [2.24, 2.45) is 0 Å². The number of amides is 1. The van der Waals surface area contributed by atoms with Crippen molar-refractivity contribution < 1.29 is 27.4 Å². The summed E-state index contributed by atoms with van der Waals surface area (Å²) in [7, 11) is 0.996. The lowest BCUT2D eigenvalue weighted by Gasteiger charge is -2.22. The normalized spacial score (nSPS) is 15.2. The summed E-state index contributed by atoms with van der Waals surface area (Å²) < 4.78 is 43.5. The van der Waals surface area contributed by atoms with E-state index in [4.69, 9.17) is 14.2 Å². The van der Waals surface area contributed by atoms with Crippen molar-refractivity contribution in [1.29, 1.82) is 0 Å². The van der Waals surface area contributed by atoms with Gasteiger partial charge >= 0.3 is 0 Å². The summed E-state index contributed by atoms with van der Waals surface area (Å²) in [6, 6.07) is 10.3. The van der Waals surface area contributed by atoms with Crippen molar-refractivity contribution in [3.8, 4) is 17.2 Å². The minimum atomic E-state index is -3.59. The third-order valence-corrected chi connectivity index (χ3v) is 7.46. The Bertz CT molecular complexity index is 1030. The lowest BCUT2D eigenvalue weighted by Crippen LogP contribution is -2.38. The summed E-state index contributed by atoms with van der Waals surface area (Å²) in [6.45, 7) is 3.40. The van der Waals surface area contributed by atoms with E-state index in [0.717, 1.165) is 11.1 Å². The standard InChI is InChI=1S/C23H30N2O6S/c1-17-6-8-19(9-7-17)32(27,28)25-11-5-10-24(12-13-25)22(26)16-18-14-20(29-2)23(31-4)21(15-18)30-3/h6-9,14-15H,5,10-13,16H2,1-4H3. The first-order valence-corrected chi connectivity index (χ1v) is 11.9. The van der Waals surface area contributed by atoms with Gasteiger partial charge in [-0.3, -0.25) is 4.79 Å². The topological polar surface area (TPSA) is 85.4 Å². The van der Waals surface area contributed by atoms with Crippen LogP contribution in [0, 0.1) is 6.92 Å².